The van der Waals surface area contributed by atoms with Crippen LogP contribution in [0.2, 0.25) is 0 Å². The molecule has 0 aliphatic carbocycles. The van der Waals surface area contributed by atoms with Crippen LogP contribution in [-0.2, 0) is 9.59 Å². The molecule has 0 aromatic heterocycles. The number of ether oxygens (including phenoxy) is 1. The standard InChI is InChI=1S/C12H15NO4S/c1-7(12(15)16)11(14)13-9-5-4-8(18-3)6-10(9)17-2/h4-7H,1-3H3,(H,13,14)(H,15,16). The third-order valence-corrected chi connectivity index (χ3v) is 3.16. The number of anilines is 1. The fourth-order valence-corrected chi connectivity index (χ4v) is 1.68. The molecule has 18 heavy (non-hydrogen) atoms. The zero-order valence-electron chi connectivity index (χ0n) is 10.4. The van der Waals surface area contributed by atoms with E-state index in [1.165, 1.54) is 14.0 Å². The van der Waals surface area contributed by atoms with Crippen LogP contribution in [0, 0.1) is 5.92 Å². The van der Waals surface area contributed by atoms with Crippen molar-refractivity contribution in [3.63, 3.8) is 0 Å². The molecule has 98 valence electrons. The summed E-state index contributed by atoms with van der Waals surface area (Å²) in [7, 11) is 1.50. The quantitative estimate of drug-likeness (QED) is 0.632. The second kappa shape index (κ2) is 6.30. The van der Waals surface area contributed by atoms with Crippen LogP contribution in [0.1, 0.15) is 6.92 Å². The molecule has 0 bridgehead atoms. The van der Waals surface area contributed by atoms with Gasteiger partial charge in [0.1, 0.15) is 11.7 Å². The molecule has 0 saturated heterocycles. The van der Waals surface area contributed by atoms with Gasteiger partial charge in [-0.3, -0.25) is 9.59 Å². The molecule has 0 aliphatic heterocycles. The number of carbonyl (C=O) groups is 2. The Kier molecular flexibility index (Phi) is 5.03. The lowest BCUT2D eigenvalue weighted by atomic mass is 10.1. The number of carbonyl (C=O) groups excluding carboxylic acids is 1. The molecule has 6 heteroatoms. The van der Waals surface area contributed by atoms with Crippen LogP contribution in [0.5, 0.6) is 5.75 Å². The molecule has 1 aromatic rings. The SMILES string of the molecule is COc1cc(SC)ccc1NC(=O)C(C)C(=O)O. The van der Waals surface area contributed by atoms with Crippen LogP contribution in [0.4, 0.5) is 5.69 Å². The maximum absolute atomic E-state index is 11.6. The summed E-state index contributed by atoms with van der Waals surface area (Å²) in [5.74, 6) is -2.33. The van der Waals surface area contributed by atoms with Crippen molar-refractivity contribution in [2.45, 2.75) is 11.8 Å². The Morgan fingerprint density at radius 1 is 1.44 bits per heavy atom. The van der Waals surface area contributed by atoms with E-state index in [2.05, 4.69) is 5.32 Å². The Morgan fingerprint density at radius 2 is 2.11 bits per heavy atom. The Labute approximate surface area is 110 Å². The van der Waals surface area contributed by atoms with Crippen molar-refractivity contribution in [3.05, 3.63) is 18.2 Å². The predicted octanol–water partition coefficient (Wildman–Crippen LogP) is 2.08. The molecular formula is C12H15NO4S. The normalized spacial score (nSPS) is 11.7. The minimum atomic E-state index is -1.16. The van der Waals surface area contributed by atoms with Crippen LogP contribution in [0.3, 0.4) is 0 Å². The molecule has 1 rings (SSSR count). The van der Waals surface area contributed by atoms with Gasteiger partial charge in [0.2, 0.25) is 5.91 Å². The van der Waals surface area contributed by atoms with Crippen molar-refractivity contribution < 1.29 is 19.4 Å². The van der Waals surface area contributed by atoms with E-state index in [0.717, 1.165) is 4.90 Å². The fraction of sp³-hybridized carbons (Fsp3) is 0.333. The van der Waals surface area contributed by atoms with Crippen molar-refractivity contribution in [1.29, 1.82) is 0 Å². The van der Waals surface area contributed by atoms with Gasteiger partial charge in [-0.05, 0) is 31.4 Å². The second-order valence-corrected chi connectivity index (χ2v) is 4.50. The topological polar surface area (TPSA) is 75.6 Å². The van der Waals surface area contributed by atoms with Crippen LogP contribution in [0.25, 0.3) is 0 Å². The molecule has 0 aliphatic rings. The minimum absolute atomic E-state index is 0.466. The first kappa shape index (κ1) is 14.4. The van der Waals surface area contributed by atoms with Crippen molar-refractivity contribution in [2.75, 3.05) is 18.7 Å². The largest absolute Gasteiger partial charge is 0.495 e. The molecular weight excluding hydrogens is 254 g/mol. The van der Waals surface area contributed by atoms with Gasteiger partial charge in [-0.2, -0.15) is 0 Å². The van der Waals surface area contributed by atoms with Gasteiger partial charge in [0.15, 0.2) is 0 Å². The number of hydrogen-bond acceptors (Lipinski definition) is 4. The molecule has 0 heterocycles. The summed E-state index contributed by atoms with van der Waals surface area (Å²) in [6.45, 7) is 1.33. The highest BCUT2D eigenvalue weighted by Gasteiger charge is 2.21. The maximum atomic E-state index is 11.6. The highest BCUT2D eigenvalue weighted by molar-refractivity contribution is 7.98. The van der Waals surface area contributed by atoms with E-state index in [1.54, 1.807) is 23.9 Å². The smallest absolute Gasteiger partial charge is 0.315 e. The number of methoxy groups -OCH3 is 1. The first-order valence-corrected chi connectivity index (χ1v) is 6.47. The average molecular weight is 269 g/mol. The summed E-state index contributed by atoms with van der Waals surface area (Å²) < 4.78 is 5.15. The average Bonchev–Trinajstić information content (AvgIpc) is 2.37. The van der Waals surface area contributed by atoms with Gasteiger partial charge in [-0.15, -0.1) is 11.8 Å². The lowest BCUT2D eigenvalue weighted by Crippen LogP contribution is -2.27. The van der Waals surface area contributed by atoms with E-state index in [1.807, 2.05) is 12.3 Å². The number of carboxylic acid groups (broad SMARTS) is 1. The number of rotatable bonds is 5. The number of hydrogen-bond donors (Lipinski definition) is 2. The van der Waals surface area contributed by atoms with Gasteiger partial charge in [0.05, 0.1) is 12.8 Å². The Hall–Kier alpha value is -1.69. The molecule has 0 spiro atoms. The fourth-order valence-electron chi connectivity index (χ4n) is 1.25. The molecule has 2 N–H and O–H groups in total. The Bertz CT molecular complexity index is 461. The van der Waals surface area contributed by atoms with Crippen LogP contribution >= 0.6 is 11.8 Å². The first-order valence-electron chi connectivity index (χ1n) is 5.25. The van der Waals surface area contributed by atoms with Gasteiger partial charge >= 0.3 is 5.97 Å². The zero-order chi connectivity index (χ0) is 13.7. The van der Waals surface area contributed by atoms with E-state index < -0.39 is 17.8 Å². The van der Waals surface area contributed by atoms with Crippen molar-refractivity contribution in [1.82, 2.24) is 0 Å². The van der Waals surface area contributed by atoms with Crippen LogP contribution in [-0.4, -0.2) is 30.3 Å². The molecule has 1 aromatic carbocycles. The molecule has 5 nitrogen and oxygen atoms in total. The molecule has 1 atom stereocenters. The minimum Gasteiger partial charge on any atom is -0.495 e. The summed E-state index contributed by atoms with van der Waals surface area (Å²) in [5.41, 5.74) is 0.466. The maximum Gasteiger partial charge on any atom is 0.315 e. The van der Waals surface area contributed by atoms with Gasteiger partial charge < -0.3 is 15.2 Å². The zero-order valence-corrected chi connectivity index (χ0v) is 11.2. The van der Waals surface area contributed by atoms with Gasteiger partial charge in [-0.25, -0.2) is 0 Å². The summed E-state index contributed by atoms with van der Waals surface area (Å²) in [6, 6.07) is 5.30. The number of aliphatic carboxylic acids is 1. The molecule has 1 unspecified atom stereocenters. The number of benzene rings is 1. The summed E-state index contributed by atoms with van der Waals surface area (Å²) in [6.07, 6.45) is 1.93. The Morgan fingerprint density at radius 3 is 2.61 bits per heavy atom. The van der Waals surface area contributed by atoms with E-state index in [9.17, 15) is 9.59 Å². The van der Waals surface area contributed by atoms with Gasteiger partial charge in [-0.1, -0.05) is 0 Å². The van der Waals surface area contributed by atoms with Gasteiger partial charge in [0, 0.05) is 4.90 Å². The third-order valence-electron chi connectivity index (χ3n) is 2.43. The predicted molar refractivity (Wildman–Crippen MR) is 70.2 cm³/mol. The molecule has 0 fully saturated rings. The van der Waals surface area contributed by atoms with E-state index in [0.29, 0.717) is 11.4 Å². The number of amides is 1. The molecule has 0 saturated carbocycles. The van der Waals surface area contributed by atoms with Gasteiger partial charge in [0.25, 0.3) is 0 Å². The summed E-state index contributed by atoms with van der Waals surface area (Å²) >= 11 is 1.55. The number of carboxylic acids is 1. The molecule has 1 amide bonds. The lowest BCUT2D eigenvalue weighted by Gasteiger charge is -2.12. The third kappa shape index (κ3) is 3.40. The highest BCUT2D eigenvalue weighted by Crippen LogP contribution is 2.29. The first-order chi connectivity index (χ1) is 8.49. The lowest BCUT2D eigenvalue weighted by molar-refractivity contribution is -0.144. The van der Waals surface area contributed by atoms with E-state index in [4.69, 9.17) is 9.84 Å². The van der Waals surface area contributed by atoms with Crippen molar-refractivity contribution in [2.24, 2.45) is 5.92 Å². The van der Waals surface area contributed by atoms with E-state index in [-0.39, 0.29) is 0 Å². The van der Waals surface area contributed by atoms with E-state index >= 15 is 0 Å². The van der Waals surface area contributed by atoms with Crippen LogP contribution < -0.4 is 10.1 Å². The Balaban J connectivity index is 2.90. The van der Waals surface area contributed by atoms with Crippen molar-refractivity contribution in [3.8, 4) is 5.75 Å². The highest BCUT2D eigenvalue weighted by atomic mass is 32.2. The van der Waals surface area contributed by atoms with Crippen LogP contribution in [0.15, 0.2) is 23.1 Å². The number of thioether (sulfide) groups is 1. The van der Waals surface area contributed by atoms with Crippen molar-refractivity contribution >= 4 is 29.3 Å². The monoisotopic (exact) mass is 269 g/mol. The summed E-state index contributed by atoms with van der Waals surface area (Å²) in [5, 5.41) is 11.3. The summed E-state index contributed by atoms with van der Waals surface area (Å²) in [4.78, 5) is 23.3. The number of nitrogens with one attached hydrogen (secondary N) is 1. The second-order valence-electron chi connectivity index (χ2n) is 3.62. The molecule has 0 radical (unpaired) electrons.